The summed E-state index contributed by atoms with van der Waals surface area (Å²) in [6.07, 6.45) is 1.43. The summed E-state index contributed by atoms with van der Waals surface area (Å²) in [5.74, 6) is 4.91. The van der Waals surface area contributed by atoms with Crippen molar-refractivity contribution in [1.82, 2.24) is 0 Å². The molecule has 0 bridgehead atoms. The van der Waals surface area contributed by atoms with Crippen LogP contribution in [-0.2, 0) is 9.57 Å². The molecule has 3 atom stereocenters. The molecule has 0 saturated heterocycles. The third-order valence-electron chi connectivity index (χ3n) is 1.77. The van der Waals surface area contributed by atoms with Crippen molar-refractivity contribution in [1.29, 1.82) is 0 Å². The Kier molecular flexibility index (Phi) is 3.47. The second-order valence-electron chi connectivity index (χ2n) is 2.51. The molecule has 1 aliphatic rings. The van der Waals surface area contributed by atoms with E-state index in [0.717, 1.165) is 0 Å². The Morgan fingerprint density at radius 2 is 2.31 bits per heavy atom. The maximum absolute atomic E-state index is 10.4. The van der Waals surface area contributed by atoms with E-state index < -0.39 is 18.2 Å². The van der Waals surface area contributed by atoms with Crippen molar-refractivity contribution in [3.05, 3.63) is 22.2 Å². The molecule has 0 aromatic heterocycles. The van der Waals surface area contributed by atoms with Gasteiger partial charge in [-0.3, -0.25) is 4.84 Å². The number of ether oxygens (including phenoxy) is 1. The first-order valence-corrected chi connectivity index (χ1v) is 3.62. The van der Waals surface area contributed by atoms with Crippen LogP contribution in [0, 0.1) is 9.81 Å². The molecule has 13 heavy (non-hydrogen) atoms. The maximum atomic E-state index is 10.4. The van der Waals surface area contributed by atoms with E-state index in [9.17, 15) is 9.81 Å². The molecule has 0 aliphatic carbocycles. The topological polar surface area (TPSA) is 103 Å². The van der Waals surface area contributed by atoms with Gasteiger partial charge in [-0.15, -0.1) is 0 Å². The first-order valence-electron chi connectivity index (χ1n) is 3.62. The number of hydrogen-bond donors (Lipinski definition) is 1. The highest BCUT2D eigenvalue weighted by atomic mass is 16.6. The number of nitrogens with two attached hydrogens (primary N) is 1. The first-order chi connectivity index (χ1) is 6.33. The lowest BCUT2D eigenvalue weighted by atomic mass is 10.0. The Bertz CT molecular complexity index is 220. The SMILES string of the molecule is NO[C@@H]1C=CO[C@H](CN=O)[C@@H]1N=O. The fourth-order valence-corrected chi connectivity index (χ4v) is 1.11. The fourth-order valence-electron chi connectivity index (χ4n) is 1.11. The summed E-state index contributed by atoms with van der Waals surface area (Å²) in [6, 6.07) is -0.826. The lowest BCUT2D eigenvalue weighted by molar-refractivity contribution is 0.000575. The van der Waals surface area contributed by atoms with Crippen molar-refractivity contribution in [3.63, 3.8) is 0 Å². The molecular weight excluding hydrogens is 178 g/mol. The van der Waals surface area contributed by atoms with Gasteiger partial charge in [0.1, 0.15) is 18.8 Å². The lowest BCUT2D eigenvalue weighted by Crippen LogP contribution is -2.42. The average Bonchev–Trinajstić information content (AvgIpc) is 2.18. The molecule has 0 amide bonds. The van der Waals surface area contributed by atoms with E-state index in [1.807, 2.05) is 0 Å². The zero-order valence-corrected chi connectivity index (χ0v) is 6.70. The minimum Gasteiger partial charge on any atom is -0.494 e. The predicted octanol–water partition coefficient (Wildman–Crippen LogP) is 0.0592. The van der Waals surface area contributed by atoms with Gasteiger partial charge in [-0.2, -0.15) is 9.81 Å². The Hall–Kier alpha value is -1.34. The van der Waals surface area contributed by atoms with Gasteiger partial charge in [-0.1, -0.05) is 10.4 Å². The average molecular weight is 187 g/mol. The zero-order chi connectivity index (χ0) is 9.68. The summed E-state index contributed by atoms with van der Waals surface area (Å²) >= 11 is 0. The van der Waals surface area contributed by atoms with Crippen LogP contribution in [0.2, 0.25) is 0 Å². The van der Waals surface area contributed by atoms with Crippen LogP contribution >= 0.6 is 0 Å². The Balaban J connectivity index is 2.69. The predicted molar refractivity (Wildman–Crippen MR) is 43.3 cm³/mol. The van der Waals surface area contributed by atoms with Gasteiger partial charge < -0.3 is 4.74 Å². The standard InChI is InChI=1S/C6H9N3O4/c7-13-4-1-2-12-5(3-8-10)6(4)9-11/h1-2,4-6H,3,7H2/t4-,5-,6-/m1/s1. The Morgan fingerprint density at radius 3 is 2.85 bits per heavy atom. The number of rotatable bonds is 4. The van der Waals surface area contributed by atoms with Crippen LogP contribution < -0.4 is 5.90 Å². The highest BCUT2D eigenvalue weighted by Gasteiger charge is 2.34. The number of nitrogens with zero attached hydrogens (tertiary/aromatic N) is 2. The van der Waals surface area contributed by atoms with E-state index in [1.54, 1.807) is 0 Å². The highest BCUT2D eigenvalue weighted by Crippen LogP contribution is 2.17. The molecule has 1 heterocycles. The van der Waals surface area contributed by atoms with Gasteiger partial charge in [0, 0.05) is 0 Å². The van der Waals surface area contributed by atoms with Crippen molar-refractivity contribution in [2.24, 2.45) is 16.3 Å². The lowest BCUT2D eigenvalue weighted by Gasteiger charge is -2.26. The minimum absolute atomic E-state index is 0.152. The summed E-state index contributed by atoms with van der Waals surface area (Å²) in [6.45, 7) is -0.152. The third-order valence-corrected chi connectivity index (χ3v) is 1.77. The van der Waals surface area contributed by atoms with E-state index in [4.69, 9.17) is 10.6 Å². The van der Waals surface area contributed by atoms with Crippen LogP contribution in [0.4, 0.5) is 0 Å². The molecule has 0 saturated carbocycles. The molecule has 1 aliphatic heterocycles. The Morgan fingerprint density at radius 1 is 1.54 bits per heavy atom. The van der Waals surface area contributed by atoms with E-state index in [0.29, 0.717) is 0 Å². The highest BCUT2D eigenvalue weighted by molar-refractivity contribution is 5.01. The van der Waals surface area contributed by atoms with E-state index >= 15 is 0 Å². The van der Waals surface area contributed by atoms with E-state index in [2.05, 4.69) is 15.2 Å². The molecule has 1 rings (SSSR count). The van der Waals surface area contributed by atoms with Crippen molar-refractivity contribution < 1.29 is 9.57 Å². The molecule has 7 heteroatoms. The van der Waals surface area contributed by atoms with Crippen LogP contribution in [-0.4, -0.2) is 24.8 Å². The van der Waals surface area contributed by atoms with Crippen molar-refractivity contribution in [3.8, 4) is 0 Å². The molecule has 0 aromatic rings. The van der Waals surface area contributed by atoms with Gasteiger partial charge in [-0.25, -0.2) is 5.90 Å². The number of nitroso groups, excluding NO2 is 2. The van der Waals surface area contributed by atoms with Gasteiger partial charge in [0.15, 0.2) is 6.04 Å². The molecule has 2 N–H and O–H groups in total. The number of hydrogen-bond acceptors (Lipinski definition) is 7. The summed E-state index contributed by atoms with van der Waals surface area (Å²) < 4.78 is 4.95. The molecule has 72 valence electrons. The van der Waals surface area contributed by atoms with Gasteiger partial charge >= 0.3 is 0 Å². The van der Waals surface area contributed by atoms with Crippen molar-refractivity contribution in [2.45, 2.75) is 18.2 Å². The summed E-state index contributed by atoms with van der Waals surface area (Å²) in [5, 5.41) is 5.39. The normalized spacial score (nSPS) is 32.2. The molecular formula is C6H9N3O4. The van der Waals surface area contributed by atoms with Gasteiger partial charge in [-0.05, 0) is 6.08 Å². The summed E-state index contributed by atoms with van der Waals surface area (Å²) in [5.41, 5.74) is 0. The van der Waals surface area contributed by atoms with Gasteiger partial charge in [0.25, 0.3) is 0 Å². The van der Waals surface area contributed by atoms with Crippen LogP contribution in [0.3, 0.4) is 0 Å². The van der Waals surface area contributed by atoms with Crippen LogP contribution in [0.25, 0.3) is 0 Å². The second kappa shape index (κ2) is 4.63. The van der Waals surface area contributed by atoms with Crippen molar-refractivity contribution >= 4 is 0 Å². The van der Waals surface area contributed by atoms with Gasteiger partial charge in [0.05, 0.1) is 6.26 Å². The smallest absolute Gasteiger partial charge is 0.162 e. The third kappa shape index (κ3) is 2.07. The summed E-state index contributed by atoms with van der Waals surface area (Å²) in [7, 11) is 0. The molecule has 0 unspecified atom stereocenters. The van der Waals surface area contributed by atoms with Crippen LogP contribution in [0.5, 0.6) is 0 Å². The van der Waals surface area contributed by atoms with E-state index in [-0.39, 0.29) is 6.54 Å². The largest absolute Gasteiger partial charge is 0.494 e. The van der Waals surface area contributed by atoms with E-state index in [1.165, 1.54) is 12.3 Å². The first kappa shape index (κ1) is 9.75. The quantitative estimate of drug-likeness (QED) is 0.495. The maximum Gasteiger partial charge on any atom is 0.162 e. The molecule has 0 spiro atoms. The van der Waals surface area contributed by atoms with Gasteiger partial charge in [0.2, 0.25) is 0 Å². The van der Waals surface area contributed by atoms with Crippen LogP contribution in [0.15, 0.2) is 22.7 Å². The molecule has 0 aromatic carbocycles. The van der Waals surface area contributed by atoms with Crippen molar-refractivity contribution in [2.75, 3.05) is 6.54 Å². The molecule has 0 radical (unpaired) electrons. The Labute approximate surface area is 73.8 Å². The summed E-state index contributed by atoms with van der Waals surface area (Å²) in [4.78, 5) is 24.8. The molecule has 0 fully saturated rings. The minimum atomic E-state index is -0.826. The zero-order valence-electron chi connectivity index (χ0n) is 6.70. The van der Waals surface area contributed by atoms with Crippen LogP contribution in [0.1, 0.15) is 0 Å². The monoisotopic (exact) mass is 187 g/mol. The fraction of sp³-hybridized carbons (Fsp3) is 0.667. The second-order valence-corrected chi connectivity index (χ2v) is 2.51. The molecule has 7 nitrogen and oxygen atoms in total.